The second kappa shape index (κ2) is 7.55. The molecule has 1 N–H and O–H groups in total. The van der Waals surface area contributed by atoms with Crippen molar-refractivity contribution in [1.82, 2.24) is 14.8 Å². The fourth-order valence-corrected chi connectivity index (χ4v) is 3.13. The minimum absolute atomic E-state index is 0.154. The van der Waals surface area contributed by atoms with Crippen molar-refractivity contribution in [3.8, 4) is 5.69 Å². The molecule has 4 rings (SSSR count). The lowest BCUT2D eigenvalue weighted by Crippen LogP contribution is -2.27. The number of fused-ring (bicyclic) bond motifs is 1. The Morgan fingerprint density at radius 3 is 2.67 bits per heavy atom. The topological polar surface area (TPSA) is 120 Å². The highest BCUT2D eigenvalue weighted by Crippen LogP contribution is 2.23. The van der Waals surface area contributed by atoms with E-state index in [0.717, 1.165) is 5.39 Å². The molecule has 2 aromatic heterocycles. The molecule has 0 aliphatic rings. The van der Waals surface area contributed by atoms with Crippen LogP contribution in [0.3, 0.4) is 0 Å². The van der Waals surface area contributed by atoms with E-state index in [2.05, 4.69) is 15.4 Å². The third-order valence-corrected chi connectivity index (χ3v) is 4.51. The number of aromatic nitrogens is 3. The number of pyridine rings is 1. The molecule has 0 aliphatic carbocycles. The Labute approximate surface area is 169 Å². The molecule has 0 unspecified atom stereocenters. The Morgan fingerprint density at radius 2 is 1.87 bits per heavy atom. The van der Waals surface area contributed by atoms with Gasteiger partial charge < -0.3 is 5.32 Å². The summed E-state index contributed by atoms with van der Waals surface area (Å²) in [5.41, 5.74) is 0.344. The normalized spacial score (nSPS) is 10.7. The molecular weight excluding hydrogens is 386 g/mol. The van der Waals surface area contributed by atoms with E-state index in [-0.39, 0.29) is 17.1 Å². The lowest BCUT2D eigenvalue weighted by Gasteiger charge is -2.12. The summed E-state index contributed by atoms with van der Waals surface area (Å²) in [4.78, 5) is 40.4. The molecule has 0 saturated heterocycles. The summed E-state index contributed by atoms with van der Waals surface area (Å²) in [6.45, 7) is 1.58. The van der Waals surface area contributed by atoms with Gasteiger partial charge >= 0.3 is 0 Å². The molecule has 2 aromatic carbocycles. The Hall–Kier alpha value is -4.40. The van der Waals surface area contributed by atoms with Gasteiger partial charge in [0.15, 0.2) is 5.69 Å². The molecule has 4 aromatic rings. The van der Waals surface area contributed by atoms with Crippen LogP contribution < -0.4 is 10.7 Å². The van der Waals surface area contributed by atoms with Crippen LogP contribution in [0.25, 0.3) is 16.6 Å². The molecule has 0 aliphatic heterocycles. The van der Waals surface area contributed by atoms with E-state index >= 15 is 0 Å². The minimum atomic E-state index is -0.731. The summed E-state index contributed by atoms with van der Waals surface area (Å²) < 4.78 is 1.22. The molecular formula is C21H15N5O4. The zero-order valence-corrected chi connectivity index (χ0v) is 15.8. The standard InChI is InChI=1S/C21H15N5O4/c1-13-12-18(27)20(24-25(13)16-9-2-3-10-17(16)26(29)30)21(28)23-15-8-4-6-14-7-5-11-22-19(14)15/h2-12H,1H3,(H,23,28). The van der Waals surface area contributed by atoms with Gasteiger partial charge in [0.1, 0.15) is 5.69 Å². The number of carbonyl (C=O) groups excluding carboxylic acids is 1. The summed E-state index contributed by atoms with van der Waals surface area (Å²) >= 11 is 0. The van der Waals surface area contributed by atoms with Crippen molar-refractivity contribution in [2.75, 3.05) is 5.32 Å². The Morgan fingerprint density at radius 1 is 1.10 bits per heavy atom. The van der Waals surface area contributed by atoms with Gasteiger partial charge in [-0.2, -0.15) is 5.10 Å². The van der Waals surface area contributed by atoms with Crippen molar-refractivity contribution in [1.29, 1.82) is 0 Å². The molecule has 2 heterocycles. The van der Waals surface area contributed by atoms with Crippen LogP contribution >= 0.6 is 0 Å². The maximum absolute atomic E-state index is 12.8. The Balaban J connectivity index is 1.79. The number of nitro benzene ring substituents is 1. The Bertz CT molecular complexity index is 1360. The predicted octanol–water partition coefficient (Wildman–Crippen LogP) is 3.25. The maximum Gasteiger partial charge on any atom is 0.294 e. The smallest absolute Gasteiger partial charge is 0.294 e. The van der Waals surface area contributed by atoms with Gasteiger partial charge in [-0.1, -0.05) is 30.3 Å². The van der Waals surface area contributed by atoms with Crippen LogP contribution in [0.2, 0.25) is 0 Å². The fraction of sp³-hybridized carbons (Fsp3) is 0.0476. The van der Waals surface area contributed by atoms with Gasteiger partial charge in [0.05, 0.1) is 16.1 Å². The number of hydrogen-bond acceptors (Lipinski definition) is 6. The molecule has 9 heteroatoms. The summed E-state index contributed by atoms with van der Waals surface area (Å²) in [6.07, 6.45) is 1.60. The number of benzene rings is 2. The van der Waals surface area contributed by atoms with E-state index in [9.17, 15) is 19.7 Å². The molecule has 0 spiro atoms. The van der Waals surface area contributed by atoms with Gasteiger partial charge in [-0.15, -0.1) is 0 Å². The molecule has 148 valence electrons. The fourth-order valence-electron chi connectivity index (χ4n) is 3.13. The van der Waals surface area contributed by atoms with E-state index in [1.165, 1.54) is 28.9 Å². The number of amides is 1. The lowest BCUT2D eigenvalue weighted by atomic mass is 10.2. The van der Waals surface area contributed by atoms with Crippen molar-refractivity contribution in [2.45, 2.75) is 6.92 Å². The van der Waals surface area contributed by atoms with Gasteiger partial charge in [0.2, 0.25) is 5.43 Å². The highest BCUT2D eigenvalue weighted by Gasteiger charge is 2.20. The predicted molar refractivity (Wildman–Crippen MR) is 111 cm³/mol. The summed E-state index contributed by atoms with van der Waals surface area (Å²) in [5, 5.41) is 19.0. The molecule has 30 heavy (non-hydrogen) atoms. The quantitative estimate of drug-likeness (QED) is 0.414. The highest BCUT2D eigenvalue weighted by atomic mass is 16.6. The number of hydrogen-bond donors (Lipinski definition) is 1. The van der Waals surface area contributed by atoms with E-state index in [4.69, 9.17) is 0 Å². The SMILES string of the molecule is Cc1cc(=O)c(C(=O)Nc2cccc3cccnc23)nn1-c1ccccc1[N+](=O)[O-]. The van der Waals surface area contributed by atoms with E-state index in [0.29, 0.717) is 16.9 Å². The lowest BCUT2D eigenvalue weighted by molar-refractivity contribution is -0.384. The van der Waals surface area contributed by atoms with Crippen molar-refractivity contribution < 1.29 is 9.72 Å². The molecule has 0 saturated carbocycles. The Kier molecular flexibility index (Phi) is 4.77. The third kappa shape index (κ3) is 3.39. The van der Waals surface area contributed by atoms with Gasteiger partial charge in [0.25, 0.3) is 11.6 Å². The number of nitrogens with one attached hydrogen (secondary N) is 1. The first-order valence-electron chi connectivity index (χ1n) is 8.95. The first-order chi connectivity index (χ1) is 14.5. The molecule has 9 nitrogen and oxygen atoms in total. The monoisotopic (exact) mass is 401 g/mol. The van der Waals surface area contributed by atoms with Crippen LogP contribution in [0.5, 0.6) is 0 Å². The van der Waals surface area contributed by atoms with E-state index < -0.39 is 16.3 Å². The second-order valence-corrected chi connectivity index (χ2v) is 6.49. The third-order valence-electron chi connectivity index (χ3n) is 4.51. The second-order valence-electron chi connectivity index (χ2n) is 6.49. The molecule has 0 radical (unpaired) electrons. The zero-order chi connectivity index (χ0) is 21.3. The average molecular weight is 401 g/mol. The molecule has 0 atom stereocenters. The van der Waals surface area contributed by atoms with Crippen LogP contribution in [-0.4, -0.2) is 25.6 Å². The van der Waals surface area contributed by atoms with E-state index in [1.807, 2.05) is 12.1 Å². The van der Waals surface area contributed by atoms with Gasteiger partial charge in [0, 0.05) is 29.4 Å². The van der Waals surface area contributed by atoms with Crippen molar-refractivity contribution in [3.63, 3.8) is 0 Å². The first-order valence-corrected chi connectivity index (χ1v) is 8.95. The minimum Gasteiger partial charge on any atom is -0.319 e. The van der Waals surface area contributed by atoms with Crippen LogP contribution in [-0.2, 0) is 0 Å². The van der Waals surface area contributed by atoms with Crippen molar-refractivity contribution in [3.05, 3.63) is 98.6 Å². The van der Waals surface area contributed by atoms with Crippen LogP contribution in [0, 0.1) is 17.0 Å². The zero-order valence-electron chi connectivity index (χ0n) is 15.8. The van der Waals surface area contributed by atoms with Gasteiger partial charge in [-0.3, -0.25) is 24.7 Å². The average Bonchev–Trinajstić information content (AvgIpc) is 2.74. The maximum atomic E-state index is 12.8. The number of nitrogens with zero attached hydrogens (tertiary/aromatic N) is 4. The largest absolute Gasteiger partial charge is 0.319 e. The number of carbonyl (C=O) groups is 1. The molecule has 1 amide bonds. The number of para-hydroxylation sites is 3. The highest BCUT2D eigenvalue weighted by molar-refractivity contribution is 6.07. The number of anilines is 1. The summed E-state index contributed by atoms with van der Waals surface area (Å²) in [7, 11) is 0. The van der Waals surface area contributed by atoms with Crippen molar-refractivity contribution in [2.24, 2.45) is 0 Å². The van der Waals surface area contributed by atoms with Crippen LogP contribution in [0.4, 0.5) is 11.4 Å². The van der Waals surface area contributed by atoms with Gasteiger partial charge in [-0.25, -0.2) is 4.68 Å². The molecule has 0 fully saturated rings. The van der Waals surface area contributed by atoms with E-state index in [1.54, 1.807) is 37.4 Å². The summed E-state index contributed by atoms with van der Waals surface area (Å²) in [5.74, 6) is -0.731. The van der Waals surface area contributed by atoms with Crippen LogP contribution in [0.1, 0.15) is 16.2 Å². The summed E-state index contributed by atoms with van der Waals surface area (Å²) in [6, 6.07) is 16.1. The first kappa shape index (κ1) is 18.9. The number of aryl methyl sites for hydroxylation is 1. The van der Waals surface area contributed by atoms with Crippen molar-refractivity contribution >= 4 is 28.2 Å². The number of nitro groups is 1. The number of rotatable bonds is 4. The molecule has 0 bridgehead atoms. The van der Waals surface area contributed by atoms with Crippen LogP contribution in [0.15, 0.2) is 71.7 Å². The van der Waals surface area contributed by atoms with Gasteiger partial charge in [-0.05, 0) is 25.1 Å².